The number of nitrogens with zero attached hydrogens (tertiary/aromatic N) is 2. The highest BCUT2D eigenvalue weighted by Gasteiger charge is 2.29. The lowest BCUT2D eigenvalue weighted by Gasteiger charge is -2.35. The van der Waals surface area contributed by atoms with Gasteiger partial charge in [0, 0.05) is 35.4 Å². The van der Waals surface area contributed by atoms with E-state index in [4.69, 9.17) is 0 Å². The van der Waals surface area contributed by atoms with Gasteiger partial charge in [-0.2, -0.15) is 4.31 Å². The minimum Gasteiger partial charge on any atom is -0.369 e. The molecule has 0 amide bonds. The predicted octanol–water partition coefficient (Wildman–Crippen LogP) is 3.11. The fourth-order valence-corrected chi connectivity index (χ4v) is 5.14. The van der Waals surface area contributed by atoms with Crippen molar-refractivity contribution >= 4 is 38.3 Å². The second-order valence-corrected chi connectivity index (χ2v) is 8.79. The van der Waals surface area contributed by atoms with Crippen LogP contribution in [0.25, 0.3) is 0 Å². The van der Waals surface area contributed by atoms with Crippen molar-refractivity contribution in [2.75, 3.05) is 31.1 Å². The Balaban J connectivity index is 1.76. The van der Waals surface area contributed by atoms with Gasteiger partial charge >= 0.3 is 0 Å². The largest absolute Gasteiger partial charge is 0.369 e. The Bertz CT molecular complexity index is 785. The molecule has 0 aliphatic carbocycles. The quantitative estimate of drug-likeness (QED) is 0.687. The summed E-state index contributed by atoms with van der Waals surface area (Å²) in [5.74, 6) is 0. The number of sulfonamides is 1. The summed E-state index contributed by atoms with van der Waals surface area (Å²) < 4.78 is 28.4. The minimum absolute atomic E-state index is 0.422. The summed E-state index contributed by atoms with van der Waals surface area (Å²) in [6.45, 7) is 4.32. The maximum Gasteiger partial charge on any atom is 0.243 e. The van der Waals surface area contributed by atoms with Gasteiger partial charge in [0.1, 0.15) is 0 Å². The number of benzene rings is 2. The molecular weight excluding hydrogens is 423 g/mol. The predicted molar refractivity (Wildman–Crippen MR) is 101 cm³/mol. The van der Waals surface area contributed by atoms with Crippen molar-refractivity contribution in [3.8, 4) is 0 Å². The number of piperazine rings is 1. The van der Waals surface area contributed by atoms with E-state index in [1.165, 1.54) is 0 Å². The van der Waals surface area contributed by atoms with Crippen molar-refractivity contribution < 1.29 is 8.42 Å². The van der Waals surface area contributed by atoms with Crippen LogP contribution in [-0.2, 0) is 10.0 Å². The first-order valence-electron chi connectivity index (χ1n) is 7.55. The summed E-state index contributed by atoms with van der Waals surface area (Å²) in [5.41, 5.74) is 1.96. The number of halogens is 1. The Labute approximate surface area is 151 Å². The van der Waals surface area contributed by atoms with Gasteiger partial charge in [0.25, 0.3) is 0 Å². The lowest BCUT2D eigenvalue weighted by atomic mass is 10.2. The number of hydrogen-bond donors (Lipinski definition) is 0. The van der Waals surface area contributed by atoms with Crippen LogP contribution >= 0.6 is 22.6 Å². The van der Waals surface area contributed by atoms with Gasteiger partial charge in [-0.05, 0) is 65.4 Å². The molecule has 3 rings (SSSR count). The van der Waals surface area contributed by atoms with Crippen LogP contribution < -0.4 is 4.90 Å². The highest BCUT2D eigenvalue weighted by atomic mass is 127. The molecule has 23 heavy (non-hydrogen) atoms. The van der Waals surface area contributed by atoms with E-state index in [1.54, 1.807) is 10.4 Å². The van der Waals surface area contributed by atoms with Crippen LogP contribution in [0.15, 0.2) is 53.4 Å². The first kappa shape index (κ1) is 16.7. The molecule has 1 fully saturated rings. The third kappa shape index (κ3) is 3.54. The van der Waals surface area contributed by atoms with E-state index in [9.17, 15) is 8.42 Å². The van der Waals surface area contributed by atoms with Crippen molar-refractivity contribution in [1.82, 2.24) is 4.31 Å². The highest BCUT2D eigenvalue weighted by molar-refractivity contribution is 14.1. The molecule has 0 atom stereocenters. The second kappa shape index (κ2) is 6.78. The summed E-state index contributed by atoms with van der Waals surface area (Å²) >= 11 is 2.20. The molecule has 6 heteroatoms. The van der Waals surface area contributed by atoms with Gasteiger partial charge in [0.2, 0.25) is 10.0 Å². The van der Waals surface area contributed by atoms with Gasteiger partial charge in [-0.1, -0.05) is 18.2 Å². The first-order valence-corrected chi connectivity index (χ1v) is 10.1. The lowest BCUT2D eigenvalue weighted by molar-refractivity contribution is 0.384. The fraction of sp³-hybridized carbons (Fsp3) is 0.294. The third-order valence-corrected chi connectivity index (χ3v) is 6.84. The SMILES string of the molecule is Cc1cc(I)ccc1S(=O)(=O)N1CCN(c2ccccc2)CC1. The first-order chi connectivity index (χ1) is 11.0. The van der Waals surface area contributed by atoms with E-state index < -0.39 is 10.0 Å². The van der Waals surface area contributed by atoms with E-state index in [1.807, 2.05) is 37.3 Å². The second-order valence-electron chi connectivity index (χ2n) is 5.64. The van der Waals surface area contributed by atoms with Crippen LogP contribution in [0.3, 0.4) is 0 Å². The lowest BCUT2D eigenvalue weighted by Crippen LogP contribution is -2.48. The van der Waals surface area contributed by atoms with Gasteiger partial charge in [0.15, 0.2) is 0 Å². The molecule has 4 nitrogen and oxygen atoms in total. The highest BCUT2D eigenvalue weighted by Crippen LogP contribution is 2.24. The monoisotopic (exact) mass is 442 g/mol. The molecule has 0 radical (unpaired) electrons. The molecule has 1 aliphatic rings. The molecule has 0 N–H and O–H groups in total. The maximum atomic E-state index is 12.9. The van der Waals surface area contributed by atoms with Crippen molar-refractivity contribution in [1.29, 1.82) is 0 Å². The van der Waals surface area contributed by atoms with E-state index in [2.05, 4.69) is 39.6 Å². The molecule has 1 aliphatic heterocycles. The molecule has 0 spiro atoms. The Morgan fingerprint density at radius 2 is 1.61 bits per heavy atom. The molecule has 2 aromatic carbocycles. The molecule has 0 aromatic heterocycles. The minimum atomic E-state index is -3.41. The Hall–Kier alpha value is -1.12. The number of anilines is 1. The zero-order valence-corrected chi connectivity index (χ0v) is 15.9. The van der Waals surface area contributed by atoms with E-state index in [-0.39, 0.29) is 0 Å². The molecule has 122 valence electrons. The van der Waals surface area contributed by atoms with E-state index in [0.29, 0.717) is 31.1 Å². The zero-order chi connectivity index (χ0) is 16.4. The Morgan fingerprint density at radius 1 is 0.957 bits per heavy atom. The number of aryl methyl sites for hydroxylation is 1. The smallest absolute Gasteiger partial charge is 0.243 e. The van der Waals surface area contributed by atoms with Gasteiger partial charge in [-0.15, -0.1) is 0 Å². The number of rotatable bonds is 3. The molecule has 0 saturated carbocycles. The van der Waals surface area contributed by atoms with Crippen LogP contribution in [0, 0.1) is 10.5 Å². The summed E-state index contributed by atoms with van der Waals surface area (Å²) in [6, 6.07) is 15.6. The van der Waals surface area contributed by atoms with Crippen LogP contribution in [0.2, 0.25) is 0 Å². The molecule has 1 saturated heterocycles. The average molecular weight is 442 g/mol. The van der Waals surface area contributed by atoms with Crippen LogP contribution in [-0.4, -0.2) is 38.9 Å². The van der Waals surface area contributed by atoms with Gasteiger partial charge < -0.3 is 4.90 Å². The molecule has 0 bridgehead atoms. The van der Waals surface area contributed by atoms with Gasteiger partial charge in [-0.3, -0.25) is 0 Å². The standard InChI is InChI=1S/C17H19IN2O2S/c1-14-13-15(18)7-8-17(14)23(21,22)20-11-9-19(10-12-20)16-5-3-2-4-6-16/h2-8,13H,9-12H2,1H3. The maximum absolute atomic E-state index is 12.9. The van der Waals surface area contributed by atoms with Crippen molar-refractivity contribution in [2.45, 2.75) is 11.8 Å². The topological polar surface area (TPSA) is 40.6 Å². The third-order valence-electron chi connectivity index (χ3n) is 4.11. The van der Waals surface area contributed by atoms with E-state index >= 15 is 0 Å². The summed E-state index contributed by atoms with van der Waals surface area (Å²) in [4.78, 5) is 2.65. The van der Waals surface area contributed by atoms with E-state index in [0.717, 1.165) is 14.8 Å². The van der Waals surface area contributed by atoms with Crippen LogP contribution in [0.4, 0.5) is 5.69 Å². The Morgan fingerprint density at radius 3 is 2.22 bits per heavy atom. The summed E-state index contributed by atoms with van der Waals surface area (Å²) in [6.07, 6.45) is 0. The Kier molecular flexibility index (Phi) is 4.93. The van der Waals surface area contributed by atoms with Crippen molar-refractivity contribution in [2.24, 2.45) is 0 Å². The van der Waals surface area contributed by atoms with Crippen LogP contribution in [0.1, 0.15) is 5.56 Å². The zero-order valence-electron chi connectivity index (χ0n) is 12.9. The average Bonchev–Trinajstić information content (AvgIpc) is 2.55. The molecule has 2 aromatic rings. The van der Waals surface area contributed by atoms with Gasteiger partial charge in [-0.25, -0.2) is 8.42 Å². The van der Waals surface area contributed by atoms with Crippen LogP contribution in [0.5, 0.6) is 0 Å². The normalized spacial score (nSPS) is 16.5. The molecule has 1 heterocycles. The fourth-order valence-electron chi connectivity index (χ4n) is 2.87. The van der Waals surface area contributed by atoms with Gasteiger partial charge in [0.05, 0.1) is 4.90 Å². The molecule has 0 unspecified atom stereocenters. The summed E-state index contributed by atoms with van der Waals surface area (Å²) in [5, 5.41) is 0. The molecular formula is C17H19IN2O2S. The van der Waals surface area contributed by atoms with Crippen molar-refractivity contribution in [3.63, 3.8) is 0 Å². The summed E-state index contributed by atoms with van der Waals surface area (Å²) in [7, 11) is -3.41. The number of para-hydroxylation sites is 1. The van der Waals surface area contributed by atoms with Crippen molar-refractivity contribution in [3.05, 3.63) is 57.7 Å². The number of hydrogen-bond acceptors (Lipinski definition) is 3.